The van der Waals surface area contributed by atoms with Crippen molar-refractivity contribution in [3.05, 3.63) is 66.2 Å². The van der Waals surface area contributed by atoms with Crippen LogP contribution in [0, 0.1) is 0 Å². The number of methoxy groups -OCH3 is 1. The minimum Gasteiger partial charge on any atom is -0.495 e. The van der Waals surface area contributed by atoms with Crippen LogP contribution in [0.5, 0.6) is 17.2 Å². The second kappa shape index (κ2) is 7.10. The van der Waals surface area contributed by atoms with Gasteiger partial charge in [0.15, 0.2) is 11.5 Å². The Bertz CT molecular complexity index is 1200. The SMILES string of the molecule is COc1ccc(-c2nc3ccccc3s2)cc1NC(=O)c1ccc2c(c1)OCO2. The maximum absolute atomic E-state index is 12.8. The Morgan fingerprint density at radius 3 is 2.79 bits per heavy atom. The van der Waals surface area contributed by atoms with Crippen molar-refractivity contribution < 1.29 is 19.0 Å². The summed E-state index contributed by atoms with van der Waals surface area (Å²) in [6, 6.07) is 18.7. The molecule has 4 aromatic rings. The molecule has 0 atom stereocenters. The number of rotatable bonds is 4. The number of carbonyl (C=O) groups is 1. The van der Waals surface area contributed by atoms with Crippen LogP contribution >= 0.6 is 11.3 Å². The molecule has 0 radical (unpaired) electrons. The molecule has 0 spiro atoms. The van der Waals surface area contributed by atoms with Crippen LogP contribution in [0.1, 0.15) is 10.4 Å². The van der Waals surface area contributed by atoms with Crippen molar-refractivity contribution >= 4 is 33.1 Å². The van der Waals surface area contributed by atoms with Crippen LogP contribution in [-0.2, 0) is 0 Å². The largest absolute Gasteiger partial charge is 0.495 e. The first-order chi connectivity index (χ1) is 14.2. The second-order valence-corrected chi connectivity index (χ2v) is 7.45. The van der Waals surface area contributed by atoms with Gasteiger partial charge in [0.1, 0.15) is 10.8 Å². The molecule has 0 unspecified atom stereocenters. The van der Waals surface area contributed by atoms with E-state index in [1.54, 1.807) is 36.6 Å². The topological polar surface area (TPSA) is 69.7 Å². The first-order valence-electron chi connectivity index (χ1n) is 8.96. The van der Waals surface area contributed by atoms with E-state index in [1.165, 1.54) is 0 Å². The van der Waals surface area contributed by atoms with Crippen molar-refractivity contribution in [3.8, 4) is 27.8 Å². The molecule has 1 aliphatic heterocycles. The van der Waals surface area contributed by atoms with Crippen LogP contribution in [0.15, 0.2) is 60.7 Å². The molecule has 7 heteroatoms. The van der Waals surface area contributed by atoms with E-state index in [0.29, 0.717) is 28.5 Å². The molecule has 1 aliphatic rings. The van der Waals surface area contributed by atoms with E-state index in [2.05, 4.69) is 5.32 Å². The molecular weight excluding hydrogens is 388 g/mol. The number of carbonyl (C=O) groups excluding carboxylic acids is 1. The lowest BCUT2D eigenvalue weighted by Gasteiger charge is -2.12. The summed E-state index contributed by atoms with van der Waals surface area (Å²) in [6.45, 7) is 0.165. The van der Waals surface area contributed by atoms with Crippen LogP contribution in [0.2, 0.25) is 0 Å². The third-order valence-electron chi connectivity index (χ3n) is 4.62. The average Bonchev–Trinajstić information content (AvgIpc) is 3.39. The van der Waals surface area contributed by atoms with E-state index >= 15 is 0 Å². The number of nitrogens with one attached hydrogen (secondary N) is 1. The summed E-state index contributed by atoms with van der Waals surface area (Å²) in [4.78, 5) is 17.5. The van der Waals surface area contributed by atoms with Crippen LogP contribution in [0.4, 0.5) is 5.69 Å². The minimum atomic E-state index is -0.261. The molecule has 3 aromatic carbocycles. The van der Waals surface area contributed by atoms with Gasteiger partial charge in [-0.15, -0.1) is 11.3 Å². The van der Waals surface area contributed by atoms with Gasteiger partial charge in [-0.2, -0.15) is 0 Å². The smallest absolute Gasteiger partial charge is 0.255 e. The van der Waals surface area contributed by atoms with Crippen molar-refractivity contribution in [1.29, 1.82) is 0 Å². The molecule has 2 heterocycles. The molecule has 0 saturated carbocycles. The maximum Gasteiger partial charge on any atom is 0.255 e. The molecule has 0 fully saturated rings. The number of aromatic nitrogens is 1. The van der Waals surface area contributed by atoms with E-state index in [0.717, 1.165) is 20.8 Å². The van der Waals surface area contributed by atoms with Gasteiger partial charge in [0.25, 0.3) is 5.91 Å². The Kier molecular flexibility index (Phi) is 4.29. The zero-order valence-electron chi connectivity index (χ0n) is 15.5. The number of hydrogen-bond donors (Lipinski definition) is 1. The molecule has 0 saturated heterocycles. The van der Waals surface area contributed by atoms with Crippen molar-refractivity contribution in [2.24, 2.45) is 0 Å². The first kappa shape index (κ1) is 17.5. The lowest BCUT2D eigenvalue weighted by molar-refractivity contribution is 0.102. The monoisotopic (exact) mass is 404 g/mol. The van der Waals surface area contributed by atoms with Gasteiger partial charge in [-0.3, -0.25) is 4.79 Å². The Hall–Kier alpha value is -3.58. The van der Waals surface area contributed by atoms with Gasteiger partial charge in [-0.1, -0.05) is 12.1 Å². The Balaban J connectivity index is 1.47. The number of ether oxygens (including phenoxy) is 3. The standard InChI is InChI=1S/C22H16N2O4S/c1-26-17-8-7-14(22-24-15-4-2-3-5-20(15)29-22)10-16(17)23-21(25)13-6-9-18-19(11-13)28-12-27-18/h2-11H,12H2,1H3,(H,23,25). The summed E-state index contributed by atoms with van der Waals surface area (Å²) >= 11 is 1.61. The zero-order valence-corrected chi connectivity index (χ0v) is 16.3. The molecule has 1 amide bonds. The third kappa shape index (κ3) is 3.25. The molecule has 1 aromatic heterocycles. The van der Waals surface area contributed by atoms with Gasteiger partial charge < -0.3 is 19.5 Å². The van der Waals surface area contributed by atoms with Gasteiger partial charge in [0.2, 0.25) is 6.79 Å². The second-order valence-electron chi connectivity index (χ2n) is 6.42. The molecule has 1 N–H and O–H groups in total. The van der Waals surface area contributed by atoms with Crippen molar-refractivity contribution in [2.75, 3.05) is 19.2 Å². The van der Waals surface area contributed by atoms with Gasteiger partial charge >= 0.3 is 0 Å². The molecule has 0 aliphatic carbocycles. The molecular formula is C22H16N2O4S. The highest BCUT2D eigenvalue weighted by molar-refractivity contribution is 7.21. The quantitative estimate of drug-likeness (QED) is 0.521. The predicted octanol–water partition coefficient (Wildman–Crippen LogP) is 4.95. The summed E-state index contributed by atoms with van der Waals surface area (Å²) in [5, 5.41) is 3.81. The molecule has 6 nitrogen and oxygen atoms in total. The van der Waals surface area contributed by atoms with Crippen LogP contribution in [0.25, 0.3) is 20.8 Å². The fourth-order valence-electron chi connectivity index (χ4n) is 3.17. The number of hydrogen-bond acceptors (Lipinski definition) is 6. The highest BCUT2D eigenvalue weighted by Crippen LogP contribution is 2.36. The number of fused-ring (bicyclic) bond motifs is 2. The average molecular weight is 404 g/mol. The first-order valence-corrected chi connectivity index (χ1v) is 9.78. The van der Waals surface area contributed by atoms with Crippen LogP contribution in [0.3, 0.4) is 0 Å². The number of benzene rings is 3. The highest BCUT2D eigenvalue weighted by atomic mass is 32.1. The van der Waals surface area contributed by atoms with Gasteiger partial charge in [0.05, 0.1) is 23.0 Å². The number of thiazole rings is 1. The molecule has 29 heavy (non-hydrogen) atoms. The predicted molar refractivity (Wildman–Crippen MR) is 112 cm³/mol. The molecule has 144 valence electrons. The summed E-state index contributed by atoms with van der Waals surface area (Å²) in [7, 11) is 1.57. The van der Waals surface area contributed by atoms with Crippen LogP contribution in [-0.4, -0.2) is 24.8 Å². The number of anilines is 1. The van der Waals surface area contributed by atoms with Crippen LogP contribution < -0.4 is 19.5 Å². The highest BCUT2D eigenvalue weighted by Gasteiger charge is 2.18. The summed E-state index contributed by atoms with van der Waals surface area (Å²) < 4.78 is 17.2. The lowest BCUT2D eigenvalue weighted by atomic mass is 10.1. The van der Waals surface area contributed by atoms with Crippen molar-refractivity contribution in [1.82, 2.24) is 4.98 Å². The fraction of sp³-hybridized carbons (Fsp3) is 0.0909. The zero-order chi connectivity index (χ0) is 19.8. The van der Waals surface area contributed by atoms with Gasteiger partial charge in [-0.05, 0) is 48.5 Å². The van der Waals surface area contributed by atoms with Gasteiger partial charge in [0, 0.05) is 11.1 Å². The summed E-state index contributed by atoms with van der Waals surface area (Å²) in [5.74, 6) is 1.51. The Labute approximate surface area is 170 Å². The van der Waals surface area contributed by atoms with Crippen molar-refractivity contribution in [3.63, 3.8) is 0 Å². The minimum absolute atomic E-state index is 0.165. The normalized spacial score (nSPS) is 12.2. The fourth-order valence-corrected chi connectivity index (χ4v) is 4.13. The summed E-state index contributed by atoms with van der Waals surface area (Å²) in [5.41, 5.74) is 2.91. The maximum atomic E-state index is 12.8. The number of para-hydroxylation sites is 1. The Morgan fingerprint density at radius 2 is 1.93 bits per heavy atom. The lowest BCUT2D eigenvalue weighted by Crippen LogP contribution is -2.12. The third-order valence-corrected chi connectivity index (χ3v) is 5.71. The molecule has 5 rings (SSSR count). The summed E-state index contributed by atoms with van der Waals surface area (Å²) in [6.07, 6.45) is 0. The van der Waals surface area contributed by atoms with E-state index in [-0.39, 0.29) is 12.7 Å². The van der Waals surface area contributed by atoms with E-state index in [1.807, 2.05) is 42.5 Å². The van der Waals surface area contributed by atoms with Gasteiger partial charge in [-0.25, -0.2) is 4.98 Å². The van der Waals surface area contributed by atoms with E-state index in [9.17, 15) is 4.79 Å². The number of nitrogens with zero attached hydrogens (tertiary/aromatic N) is 1. The van der Waals surface area contributed by atoms with E-state index in [4.69, 9.17) is 19.2 Å². The molecule has 0 bridgehead atoms. The Morgan fingerprint density at radius 1 is 1.07 bits per heavy atom. The van der Waals surface area contributed by atoms with Crippen molar-refractivity contribution in [2.45, 2.75) is 0 Å². The number of amides is 1. The van der Waals surface area contributed by atoms with E-state index < -0.39 is 0 Å².